The molecule has 150 valence electrons. The average molecular weight is 400 g/mol. The summed E-state index contributed by atoms with van der Waals surface area (Å²) in [6.07, 6.45) is 11.9. The first-order chi connectivity index (χ1) is 14.5. The summed E-state index contributed by atoms with van der Waals surface area (Å²) in [4.78, 5) is 46.5. The van der Waals surface area contributed by atoms with Gasteiger partial charge in [-0.05, 0) is 61.1 Å². The Balaban J connectivity index is 1.22. The van der Waals surface area contributed by atoms with Crippen molar-refractivity contribution in [2.24, 2.45) is 0 Å². The van der Waals surface area contributed by atoms with Crippen LogP contribution in [-0.2, 0) is 0 Å². The lowest BCUT2D eigenvalue weighted by Crippen LogP contribution is -2.19. The molecule has 0 aromatic heterocycles. The summed E-state index contributed by atoms with van der Waals surface area (Å²) in [5.74, 6) is -1.36. The number of carbonyl (C=O) groups is 4. The Hall–Kier alpha value is -3.80. The molecule has 4 rings (SSSR count). The van der Waals surface area contributed by atoms with Crippen LogP contribution in [0.1, 0.15) is 78.2 Å². The number of nitrogens with one attached hydrogen (secondary N) is 2. The summed E-state index contributed by atoms with van der Waals surface area (Å²) >= 11 is 0. The summed E-state index contributed by atoms with van der Waals surface area (Å²) in [5, 5.41) is 4.58. The molecule has 0 saturated carbocycles. The van der Waals surface area contributed by atoms with Gasteiger partial charge in [0.05, 0.1) is 22.3 Å². The highest BCUT2D eigenvalue weighted by Gasteiger charge is 2.27. The Bertz CT molecular complexity index is 1040. The smallest absolute Gasteiger partial charge is 0.258 e. The molecule has 0 saturated heterocycles. The monoisotopic (exact) mass is 400 g/mol. The lowest BCUT2D eigenvalue weighted by molar-refractivity contribution is 0.0863. The van der Waals surface area contributed by atoms with Gasteiger partial charge in [-0.2, -0.15) is 0 Å². The van der Waals surface area contributed by atoms with Crippen molar-refractivity contribution >= 4 is 35.8 Å². The minimum atomic E-state index is -0.340. The van der Waals surface area contributed by atoms with Crippen molar-refractivity contribution in [2.45, 2.75) is 25.7 Å². The van der Waals surface area contributed by atoms with E-state index in [1.165, 1.54) is 0 Å². The second-order valence-corrected chi connectivity index (χ2v) is 7.27. The Labute approximate surface area is 173 Å². The predicted molar refractivity (Wildman–Crippen MR) is 113 cm³/mol. The fourth-order valence-corrected chi connectivity index (χ4v) is 3.54. The van der Waals surface area contributed by atoms with Crippen molar-refractivity contribution in [3.05, 3.63) is 81.9 Å². The van der Waals surface area contributed by atoms with E-state index in [-0.39, 0.29) is 23.6 Å². The van der Waals surface area contributed by atoms with E-state index in [0.29, 0.717) is 22.3 Å². The van der Waals surface area contributed by atoms with E-state index in [4.69, 9.17) is 0 Å². The Morgan fingerprint density at radius 2 is 0.967 bits per heavy atom. The zero-order chi connectivity index (χ0) is 21.1. The van der Waals surface area contributed by atoms with Crippen LogP contribution in [0, 0.1) is 0 Å². The van der Waals surface area contributed by atoms with Crippen LogP contribution >= 0.6 is 0 Å². The van der Waals surface area contributed by atoms with Crippen molar-refractivity contribution in [2.75, 3.05) is 0 Å². The van der Waals surface area contributed by atoms with Crippen LogP contribution in [0.4, 0.5) is 0 Å². The fraction of sp³-hybridized carbons (Fsp3) is 0.167. The van der Waals surface area contributed by atoms with Gasteiger partial charge >= 0.3 is 0 Å². The van der Waals surface area contributed by atoms with Crippen LogP contribution in [0.25, 0.3) is 12.2 Å². The van der Waals surface area contributed by atoms with Crippen molar-refractivity contribution < 1.29 is 19.2 Å². The number of fused-ring (bicyclic) bond motifs is 2. The number of rotatable bonds is 7. The van der Waals surface area contributed by atoms with E-state index in [1.54, 1.807) is 24.3 Å². The molecule has 0 radical (unpaired) electrons. The number of hydrogen-bond donors (Lipinski definition) is 2. The topological polar surface area (TPSA) is 92.3 Å². The van der Waals surface area contributed by atoms with E-state index < -0.39 is 0 Å². The van der Waals surface area contributed by atoms with E-state index in [0.717, 1.165) is 36.8 Å². The Morgan fingerprint density at radius 3 is 1.40 bits per heavy atom. The first-order valence-corrected chi connectivity index (χ1v) is 9.85. The quantitative estimate of drug-likeness (QED) is 0.547. The maximum Gasteiger partial charge on any atom is 0.258 e. The van der Waals surface area contributed by atoms with Crippen LogP contribution in [0.5, 0.6) is 0 Å². The zero-order valence-corrected chi connectivity index (χ0v) is 16.2. The van der Waals surface area contributed by atoms with Crippen LogP contribution in [0.15, 0.2) is 48.6 Å². The molecule has 0 spiro atoms. The zero-order valence-electron chi connectivity index (χ0n) is 16.2. The van der Waals surface area contributed by atoms with Gasteiger partial charge in [0.15, 0.2) is 0 Å². The molecule has 0 bridgehead atoms. The second kappa shape index (κ2) is 8.29. The summed E-state index contributed by atoms with van der Waals surface area (Å²) in [6.45, 7) is 0. The minimum Gasteiger partial charge on any atom is -0.288 e. The maximum absolute atomic E-state index is 11.7. The molecule has 0 atom stereocenters. The highest BCUT2D eigenvalue weighted by molar-refractivity contribution is 6.22. The van der Waals surface area contributed by atoms with Gasteiger partial charge in [-0.15, -0.1) is 0 Å². The third-order valence-corrected chi connectivity index (χ3v) is 5.13. The van der Waals surface area contributed by atoms with Crippen molar-refractivity contribution in [3.8, 4) is 0 Å². The van der Waals surface area contributed by atoms with Gasteiger partial charge in [-0.1, -0.05) is 36.4 Å². The van der Waals surface area contributed by atoms with Crippen LogP contribution in [-0.4, -0.2) is 23.6 Å². The number of unbranched alkanes of at least 4 members (excludes halogenated alkanes) is 3. The molecule has 2 heterocycles. The molecule has 0 unspecified atom stereocenters. The summed E-state index contributed by atoms with van der Waals surface area (Å²) in [7, 11) is 0. The molecule has 6 heteroatoms. The third kappa shape index (κ3) is 3.98. The molecule has 0 fully saturated rings. The number of hydrogen-bond acceptors (Lipinski definition) is 4. The molecular weight excluding hydrogens is 380 g/mol. The van der Waals surface area contributed by atoms with Crippen LogP contribution < -0.4 is 10.6 Å². The van der Waals surface area contributed by atoms with Gasteiger partial charge in [0.2, 0.25) is 0 Å². The molecule has 2 N–H and O–H groups in total. The third-order valence-electron chi connectivity index (χ3n) is 5.13. The van der Waals surface area contributed by atoms with Gasteiger partial charge in [-0.25, -0.2) is 0 Å². The SMILES string of the molecule is O=C1NC(=O)c2cc(/C=C/CCCC/C=C/c3ccc4c(c3)C(=O)NC4=O)ccc21. The summed E-state index contributed by atoms with van der Waals surface area (Å²) in [6, 6.07) is 10.5. The molecule has 2 aliphatic rings. The first-order valence-electron chi connectivity index (χ1n) is 9.85. The van der Waals surface area contributed by atoms with E-state index in [9.17, 15) is 19.2 Å². The lowest BCUT2D eigenvalue weighted by Gasteiger charge is -1.98. The molecular formula is C24H20N2O4. The number of imide groups is 2. The van der Waals surface area contributed by atoms with Crippen molar-refractivity contribution in [1.82, 2.24) is 10.6 Å². The molecule has 6 nitrogen and oxygen atoms in total. The normalized spacial score (nSPS) is 15.1. The van der Waals surface area contributed by atoms with Gasteiger partial charge in [0.25, 0.3) is 23.6 Å². The van der Waals surface area contributed by atoms with Gasteiger partial charge < -0.3 is 0 Å². The second-order valence-electron chi connectivity index (χ2n) is 7.27. The average Bonchev–Trinajstić information content (AvgIpc) is 3.18. The first kappa shape index (κ1) is 19.5. The number of benzene rings is 2. The largest absolute Gasteiger partial charge is 0.288 e. The van der Waals surface area contributed by atoms with Gasteiger partial charge in [0, 0.05) is 0 Å². The Morgan fingerprint density at radius 1 is 0.567 bits per heavy atom. The molecule has 30 heavy (non-hydrogen) atoms. The fourth-order valence-electron chi connectivity index (χ4n) is 3.54. The highest BCUT2D eigenvalue weighted by atomic mass is 16.2. The highest BCUT2D eigenvalue weighted by Crippen LogP contribution is 2.20. The van der Waals surface area contributed by atoms with E-state index in [1.807, 2.05) is 24.3 Å². The predicted octanol–water partition coefficient (Wildman–Crippen LogP) is 3.74. The molecule has 2 aliphatic heterocycles. The lowest BCUT2D eigenvalue weighted by atomic mass is 10.0. The molecule has 0 aliphatic carbocycles. The number of amides is 4. The number of allylic oxidation sites excluding steroid dienone is 2. The van der Waals surface area contributed by atoms with Crippen molar-refractivity contribution in [3.63, 3.8) is 0 Å². The number of carbonyl (C=O) groups excluding carboxylic acids is 4. The summed E-state index contributed by atoms with van der Waals surface area (Å²) in [5.41, 5.74) is 3.52. The molecule has 2 aromatic carbocycles. The molecule has 2 aromatic rings. The van der Waals surface area contributed by atoms with Gasteiger partial charge in [0.1, 0.15) is 0 Å². The maximum atomic E-state index is 11.7. The minimum absolute atomic E-state index is 0.338. The van der Waals surface area contributed by atoms with Crippen molar-refractivity contribution in [1.29, 1.82) is 0 Å². The van der Waals surface area contributed by atoms with Crippen LogP contribution in [0.2, 0.25) is 0 Å². The van der Waals surface area contributed by atoms with E-state index in [2.05, 4.69) is 22.8 Å². The summed E-state index contributed by atoms with van der Waals surface area (Å²) < 4.78 is 0. The Kier molecular flexibility index (Phi) is 5.39. The van der Waals surface area contributed by atoms with Crippen LogP contribution in [0.3, 0.4) is 0 Å². The standard InChI is InChI=1S/C24H20N2O4/c27-21-17-11-9-15(13-19(17)23(29)25-21)7-5-3-1-2-4-6-8-16-10-12-18-20(14-16)24(30)26-22(18)28/h5-14H,1-4H2,(H,25,27,29)(H,26,28,30)/b7-5+,8-6+. The molecule has 4 amide bonds. The van der Waals surface area contributed by atoms with E-state index >= 15 is 0 Å². The van der Waals surface area contributed by atoms with Gasteiger partial charge in [-0.3, -0.25) is 29.8 Å².